The lowest BCUT2D eigenvalue weighted by atomic mass is 10.2. The zero-order valence-corrected chi connectivity index (χ0v) is 9.99. The standard InChI is InChI=1S/C13H16N2O2/c1-3-12(15-10(2)16)13(17)14-9-11-7-5-4-6-8-11/h3-8H,9H2,1-2H3,(H,14,17)(H,15,16). The first-order valence-electron chi connectivity index (χ1n) is 5.39. The van der Waals surface area contributed by atoms with E-state index in [2.05, 4.69) is 10.6 Å². The first-order valence-corrected chi connectivity index (χ1v) is 5.39. The molecule has 0 saturated carbocycles. The molecule has 1 aromatic carbocycles. The molecule has 0 heterocycles. The number of nitrogens with one attached hydrogen (secondary N) is 2. The molecular weight excluding hydrogens is 216 g/mol. The van der Waals surface area contributed by atoms with Crippen molar-refractivity contribution in [3.05, 3.63) is 47.7 Å². The second-order valence-corrected chi connectivity index (χ2v) is 3.55. The van der Waals surface area contributed by atoms with Gasteiger partial charge in [-0.3, -0.25) is 9.59 Å². The highest BCUT2D eigenvalue weighted by molar-refractivity contribution is 5.96. The van der Waals surface area contributed by atoms with Crippen LogP contribution in [0.4, 0.5) is 0 Å². The summed E-state index contributed by atoms with van der Waals surface area (Å²) < 4.78 is 0. The number of carbonyl (C=O) groups is 2. The fourth-order valence-electron chi connectivity index (χ4n) is 1.32. The Morgan fingerprint density at radius 2 is 1.88 bits per heavy atom. The molecule has 90 valence electrons. The third-order valence-electron chi connectivity index (χ3n) is 2.14. The summed E-state index contributed by atoms with van der Waals surface area (Å²) in [5.74, 6) is -0.542. The van der Waals surface area contributed by atoms with Gasteiger partial charge in [0.2, 0.25) is 5.91 Å². The predicted octanol–water partition coefficient (Wildman–Crippen LogP) is 1.34. The quantitative estimate of drug-likeness (QED) is 0.770. The summed E-state index contributed by atoms with van der Waals surface area (Å²) in [4.78, 5) is 22.5. The zero-order chi connectivity index (χ0) is 12.7. The molecule has 0 unspecified atom stereocenters. The van der Waals surface area contributed by atoms with Crippen LogP contribution in [-0.4, -0.2) is 11.8 Å². The zero-order valence-electron chi connectivity index (χ0n) is 9.99. The molecule has 0 aromatic heterocycles. The summed E-state index contributed by atoms with van der Waals surface area (Å²) >= 11 is 0. The summed E-state index contributed by atoms with van der Waals surface area (Å²) in [6, 6.07) is 9.58. The second kappa shape index (κ2) is 6.48. The molecule has 1 rings (SSSR count). The Hall–Kier alpha value is -2.10. The summed E-state index contributed by atoms with van der Waals surface area (Å²) in [5, 5.41) is 5.21. The molecule has 17 heavy (non-hydrogen) atoms. The van der Waals surface area contributed by atoms with Gasteiger partial charge in [-0.15, -0.1) is 0 Å². The minimum absolute atomic E-state index is 0.257. The first-order chi connectivity index (χ1) is 8.13. The van der Waals surface area contributed by atoms with Gasteiger partial charge in [-0.1, -0.05) is 36.4 Å². The van der Waals surface area contributed by atoms with E-state index in [4.69, 9.17) is 0 Å². The van der Waals surface area contributed by atoms with Crippen LogP contribution < -0.4 is 10.6 Å². The number of amides is 2. The Balaban J connectivity index is 2.52. The van der Waals surface area contributed by atoms with E-state index in [1.165, 1.54) is 6.92 Å². The van der Waals surface area contributed by atoms with Crippen molar-refractivity contribution < 1.29 is 9.59 Å². The maximum Gasteiger partial charge on any atom is 0.267 e. The van der Waals surface area contributed by atoms with E-state index < -0.39 is 0 Å². The molecule has 0 bridgehead atoms. The Morgan fingerprint density at radius 1 is 1.24 bits per heavy atom. The molecule has 0 atom stereocenters. The lowest BCUT2D eigenvalue weighted by molar-refractivity contribution is -0.122. The van der Waals surface area contributed by atoms with Crippen molar-refractivity contribution in [1.82, 2.24) is 10.6 Å². The maximum atomic E-state index is 11.7. The van der Waals surface area contributed by atoms with Crippen LogP contribution in [0, 0.1) is 0 Å². The molecular formula is C13H16N2O2. The highest BCUT2D eigenvalue weighted by Crippen LogP contribution is 1.98. The topological polar surface area (TPSA) is 58.2 Å². The van der Waals surface area contributed by atoms with E-state index in [9.17, 15) is 9.59 Å². The van der Waals surface area contributed by atoms with E-state index in [1.807, 2.05) is 30.3 Å². The molecule has 0 radical (unpaired) electrons. The Kier molecular flexibility index (Phi) is 4.94. The van der Waals surface area contributed by atoms with Crippen LogP contribution >= 0.6 is 0 Å². The van der Waals surface area contributed by atoms with Crippen molar-refractivity contribution in [3.63, 3.8) is 0 Å². The molecule has 4 nitrogen and oxygen atoms in total. The van der Waals surface area contributed by atoms with Crippen LogP contribution in [0.1, 0.15) is 19.4 Å². The van der Waals surface area contributed by atoms with Gasteiger partial charge in [0, 0.05) is 13.5 Å². The SMILES string of the molecule is CC=C(NC(C)=O)C(=O)NCc1ccccc1. The van der Waals surface area contributed by atoms with Crippen LogP contribution in [0.2, 0.25) is 0 Å². The van der Waals surface area contributed by atoms with Crippen molar-refractivity contribution in [2.24, 2.45) is 0 Å². The smallest absolute Gasteiger partial charge is 0.267 e. The predicted molar refractivity (Wildman–Crippen MR) is 65.9 cm³/mol. The highest BCUT2D eigenvalue weighted by atomic mass is 16.2. The molecule has 0 saturated heterocycles. The molecule has 0 fully saturated rings. The molecule has 0 aliphatic carbocycles. The number of hydrogen-bond donors (Lipinski definition) is 2. The molecule has 2 amide bonds. The lowest BCUT2D eigenvalue weighted by Gasteiger charge is -2.08. The van der Waals surface area contributed by atoms with Crippen LogP contribution in [-0.2, 0) is 16.1 Å². The van der Waals surface area contributed by atoms with E-state index in [1.54, 1.807) is 13.0 Å². The van der Waals surface area contributed by atoms with Gasteiger partial charge in [-0.25, -0.2) is 0 Å². The van der Waals surface area contributed by atoms with E-state index in [0.717, 1.165) is 5.56 Å². The molecule has 4 heteroatoms. The first kappa shape index (κ1) is 13.0. The normalized spacial score (nSPS) is 10.8. The summed E-state index contributed by atoms with van der Waals surface area (Å²) in [6.45, 7) is 3.51. The van der Waals surface area contributed by atoms with Gasteiger partial charge in [-0.2, -0.15) is 0 Å². The summed E-state index contributed by atoms with van der Waals surface area (Å²) in [7, 11) is 0. The molecule has 2 N–H and O–H groups in total. The lowest BCUT2D eigenvalue weighted by Crippen LogP contribution is -2.33. The van der Waals surface area contributed by atoms with Gasteiger partial charge in [0.25, 0.3) is 5.91 Å². The van der Waals surface area contributed by atoms with Crippen LogP contribution in [0.5, 0.6) is 0 Å². The van der Waals surface area contributed by atoms with E-state index >= 15 is 0 Å². The van der Waals surface area contributed by atoms with E-state index in [-0.39, 0.29) is 17.5 Å². The van der Waals surface area contributed by atoms with Gasteiger partial charge in [0.05, 0.1) is 0 Å². The Labute approximate surface area is 101 Å². The largest absolute Gasteiger partial charge is 0.347 e. The van der Waals surface area contributed by atoms with Crippen molar-refractivity contribution in [1.29, 1.82) is 0 Å². The number of carbonyl (C=O) groups excluding carboxylic acids is 2. The maximum absolute atomic E-state index is 11.7. The molecule has 0 aliphatic heterocycles. The minimum Gasteiger partial charge on any atom is -0.347 e. The van der Waals surface area contributed by atoms with Crippen LogP contribution in [0.3, 0.4) is 0 Å². The average molecular weight is 232 g/mol. The fraction of sp³-hybridized carbons (Fsp3) is 0.231. The van der Waals surface area contributed by atoms with Crippen molar-refractivity contribution in [3.8, 4) is 0 Å². The van der Waals surface area contributed by atoms with E-state index in [0.29, 0.717) is 6.54 Å². The van der Waals surface area contributed by atoms with Crippen molar-refractivity contribution >= 4 is 11.8 Å². The highest BCUT2D eigenvalue weighted by Gasteiger charge is 2.08. The summed E-state index contributed by atoms with van der Waals surface area (Å²) in [5.41, 5.74) is 1.28. The minimum atomic E-state index is -0.286. The monoisotopic (exact) mass is 232 g/mol. The Morgan fingerprint density at radius 3 is 2.41 bits per heavy atom. The molecule has 0 spiro atoms. The third kappa shape index (κ3) is 4.51. The van der Waals surface area contributed by atoms with Gasteiger partial charge in [0.1, 0.15) is 5.70 Å². The van der Waals surface area contributed by atoms with Gasteiger partial charge in [-0.05, 0) is 12.5 Å². The molecule has 0 aliphatic rings. The van der Waals surface area contributed by atoms with Gasteiger partial charge < -0.3 is 10.6 Å². The summed E-state index contributed by atoms with van der Waals surface area (Å²) in [6.07, 6.45) is 1.57. The van der Waals surface area contributed by atoms with Gasteiger partial charge >= 0.3 is 0 Å². The molecule has 1 aromatic rings. The van der Waals surface area contributed by atoms with Gasteiger partial charge in [0.15, 0.2) is 0 Å². The number of allylic oxidation sites excluding steroid dienone is 1. The third-order valence-corrected chi connectivity index (χ3v) is 2.14. The number of benzene rings is 1. The second-order valence-electron chi connectivity index (χ2n) is 3.55. The fourth-order valence-corrected chi connectivity index (χ4v) is 1.32. The van der Waals surface area contributed by atoms with Crippen LogP contribution in [0.25, 0.3) is 0 Å². The number of hydrogen-bond acceptors (Lipinski definition) is 2. The van der Waals surface area contributed by atoms with Crippen LogP contribution in [0.15, 0.2) is 42.1 Å². The van der Waals surface area contributed by atoms with Crippen molar-refractivity contribution in [2.75, 3.05) is 0 Å². The average Bonchev–Trinajstić information content (AvgIpc) is 2.34. The number of rotatable bonds is 4. The van der Waals surface area contributed by atoms with Crippen molar-refractivity contribution in [2.45, 2.75) is 20.4 Å². The Bertz CT molecular complexity index is 424.